The lowest BCUT2D eigenvalue weighted by Gasteiger charge is -2.29. The molecule has 1 fully saturated rings. The largest absolute Gasteiger partial charge is 0.325 e. The number of benzene rings is 2. The summed E-state index contributed by atoms with van der Waals surface area (Å²) < 4.78 is 0. The molecule has 3 nitrogen and oxygen atoms in total. The molecule has 0 saturated heterocycles. The first-order chi connectivity index (χ1) is 11.3. The number of carbonyl (C=O) groups is 2. The van der Waals surface area contributed by atoms with Gasteiger partial charge in [0.15, 0.2) is 5.78 Å². The van der Waals surface area contributed by atoms with Gasteiger partial charge in [0, 0.05) is 12.1 Å². The van der Waals surface area contributed by atoms with E-state index in [-0.39, 0.29) is 17.1 Å². The van der Waals surface area contributed by atoms with E-state index in [1.807, 2.05) is 61.5 Å². The summed E-state index contributed by atoms with van der Waals surface area (Å²) in [5, 5.41) is 2.96. The standard InChI is InChI=1S/C21H23NO2/c1-15-9-11-17(12-10-15)22-19(24)21(16-7-5-4-6-8-16)14-20(2,3)13-18(21)23/h4-12H,13-14H2,1-3H3,(H,22,24)/t21-/m1/s1. The number of hydrogen-bond acceptors (Lipinski definition) is 2. The Morgan fingerprint density at radius 3 is 2.17 bits per heavy atom. The van der Waals surface area contributed by atoms with E-state index in [1.165, 1.54) is 0 Å². The van der Waals surface area contributed by atoms with Gasteiger partial charge in [0.25, 0.3) is 0 Å². The first kappa shape index (κ1) is 16.4. The van der Waals surface area contributed by atoms with Gasteiger partial charge in [-0.25, -0.2) is 0 Å². The van der Waals surface area contributed by atoms with Crippen LogP contribution in [0.4, 0.5) is 5.69 Å². The smallest absolute Gasteiger partial charge is 0.242 e. The molecule has 0 heterocycles. The van der Waals surface area contributed by atoms with Gasteiger partial charge in [0.1, 0.15) is 5.41 Å². The monoisotopic (exact) mass is 321 g/mol. The molecular weight excluding hydrogens is 298 g/mol. The van der Waals surface area contributed by atoms with E-state index in [1.54, 1.807) is 0 Å². The van der Waals surface area contributed by atoms with Crippen molar-refractivity contribution in [3.63, 3.8) is 0 Å². The molecule has 0 aromatic heterocycles. The molecule has 0 unspecified atom stereocenters. The zero-order chi connectivity index (χ0) is 17.4. The predicted molar refractivity (Wildman–Crippen MR) is 96.0 cm³/mol. The van der Waals surface area contributed by atoms with Crippen LogP contribution in [0.5, 0.6) is 0 Å². The van der Waals surface area contributed by atoms with Gasteiger partial charge in [-0.3, -0.25) is 9.59 Å². The van der Waals surface area contributed by atoms with Crippen LogP contribution in [0.1, 0.15) is 37.8 Å². The number of anilines is 1. The van der Waals surface area contributed by atoms with Gasteiger partial charge in [-0.05, 0) is 36.5 Å². The lowest BCUT2D eigenvalue weighted by molar-refractivity contribution is -0.131. The average Bonchev–Trinajstić information content (AvgIpc) is 2.80. The van der Waals surface area contributed by atoms with Gasteiger partial charge < -0.3 is 5.32 Å². The maximum atomic E-state index is 13.2. The quantitative estimate of drug-likeness (QED) is 0.859. The number of carbonyl (C=O) groups excluding carboxylic acids is 2. The first-order valence-corrected chi connectivity index (χ1v) is 8.30. The summed E-state index contributed by atoms with van der Waals surface area (Å²) in [5.74, 6) is -0.226. The van der Waals surface area contributed by atoms with Crippen molar-refractivity contribution in [1.29, 1.82) is 0 Å². The maximum Gasteiger partial charge on any atom is 0.242 e. The van der Waals surface area contributed by atoms with Crippen molar-refractivity contribution < 1.29 is 9.59 Å². The summed E-state index contributed by atoms with van der Waals surface area (Å²) in [6.45, 7) is 6.10. The minimum atomic E-state index is -1.10. The van der Waals surface area contributed by atoms with Crippen molar-refractivity contribution in [2.75, 3.05) is 5.32 Å². The molecule has 1 saturated carbocycles. The van der Waals surface area contributed by atoms with Crippen molar-refractivity contribution in [2.45, 2.75) is 39.0 Å². The van der Waals surface area contributed by atoms with Crippen molar-refractivity contribution in [2.24, 2.45) is 5.41 Å². The van der Waals surface area contributed by atoms with E-state index in [0.29, 0.717) is 12.8 Å². The van der Waals surface area contributed by atoms with Gasteiger partial charge >= 0.3 is 0 Å². The Kier molecular flexibility index (Phi) is 4.04. The topological polar surface area (TPSA) is 46.2 Å². The van der Waals surface area contributed by atoms with Crippen LogP contribution in [0.25, 0.3) is 0 Å². The zero-order valence-electron chi connectivity index (χ0n) is 14.4. The number of Topliss-reactive ketones (excluding diaryl/α,β-unsaturated/α-hetero) is 1. The third-order valence-corrected chi connectivity index (χ3v) is 4.82. The van der Waals surface area contributed by atoms with Crippen LogP contribution in [0.3, 0.4) is 0 Å². The highest BCUT2D eigenvalue weighted by molar-refractivity contribution is 6.17. The van der Waals surface area contributed by atoms with Crippen LogP contribution in [0, 0.1) is 12.3 Å². The normalized spacial score (nSPS) is 22.4. The average molecular weight is 321 g/mol. The highest BCUT2D eigenvalue weighted by Crippen LogP contribution is 2.48. The number of nitrogens with one attached hydrogen (secondary N) is 1. The van der Waals surface area contributed by atoms with E-state index in [0.717, 1.165) is 16.8 Å². The summed E-state index contributed by atoms with van der Waals surface area (Å²) in [6.07, 6.45) is 0.948. The molecule has 1 amide bonds. The van der Waals surface area contributed by atoms with Gasteiger partial charge in [-0.15, -0.1) is 0 Å². The lowest BCUT2D eigenvalue weighted by Crippen LogP contribution is -2.44. The zero-order valence-corrected chi connectivity index (χ0v) is 14.4. The van der Waals surface area contributed by atoms with Gasteiger partial charge in [0.2, 0.25) is 5.91 Å². The van der Waals surface area contributed by atoms with Crippen LogP contribution >= 0.6 is 0 Å². The maximum absolute atomic E-state index is 13.2. The second-order valence-electron chi connectivity index (χ2n) is 7.53. The number of aryl methyl sites for hydroxylation is 1. The molecule has 0 radical (unpaired) electrons. The second-order valence-corrected chi connectivity index (χ2v) is 7.53. The van der Waals surface area contributed by atoms with Crippen LogP contribution in [0.2, 0.25) is 0 Å². The molecule has 1 atom stereocenters. The lowest BCUT2D eigenvalue weighted by atomic mass is 9.74. The Labute approximate surface area is 143 Å². The molecule has 0 bridgehead atoms. The molecule has 1 aliphatic carbocycles. The van der Waals surface area contributed by atoms with Crippen LogP contribution in [0.15, 0.2) is 54.6 Å². The summed E-state index contributed by atoms with van der Waals surface area (Å²) in [4.78, 5) is 26.1. The molecule has 3 rings (SSSR count). The molecule has 2 aromatic rings. The fourth-order valence-corrected chi connectivity index (χ4v) is 3.66. The highest BCUT2D eigenvalue weighted by atomic mass is 16.2. The Hall–Kier alpha value is -2.42. The summed E-state index contributed by atoms with van der Waals surface area (Å²) in [7, 11) is 0. The van der Waals surface area contributed by atoms with Crippen molar-refractivity contribution in [3.8, 4) is 0 Å². The van der Waals surface area contributed by atoms with Gasteiger partial charge in [-0.2, -0.15) is 0 Å². The van der Waals surface area contributed by atoms with Gasteiger partial charge in [0.05, 0.1) is 0 Å². The van der Waals surface area contributed by atoms with Crippen molar-refractivity contribution in [1.82, 2.24) is 0 Å². The summed E-state index contributed by atoms with van der Waals surface area (Å²) in [6, 6.07) is 17.1. The van der Waals surface area contributed by atoms with E-state index < -0.39 is 5.41 Å². The molecule has 3 heteroatoms. The molecular formula is C21H23NO2. The van der Waals surface area contributed by atoms with Crippen LogP contribution < -0.4 is 5.32 Å². The minimum Gasteiger partial charge on any atom is -0.325 e. The van der Waals surface area contributed by atoms with Crippen LogP contribution in [-0.2, 0) is 15.0 Å². The molecule has 0 aliphatic heterocycles. The van der Waals surface area contributed by atoms with E-state index in [9.17, 15) is 9.59 Å². The summed E-state index contributed by atoms with van der Waals surface area (Å²) >= 11 is 0. The van der Waals surface area contributed by atoms with E-state index in [4.69, 9.17) is 0 Å². The van der Waals surface area contributed by atoms with Crippen molar-refractivity contribution in [3.05, 3.63) is 65.7 Å². The number of amides is 1. The number of rotatable bonds is 3. The van der Waals surface area contributed by atoms with Crippen molar-refractivity contribution >= 4 is 17.4 Å². The highest BCUT2D eigenvalue weighted by Gasteiger charge is 2.56. The Morgan fingerprint density at radius 1 is 1.00 bits per heavy atom. The third kappa shape index (κ3) is 2.86. The number of hydrogen-bond donors (Lipinski definition) is 1. The van der Waals surface area contributed by atoms with Gasteiger partial charge in [-0.1, -0.05) is 61.9 Å². The molecule has 1 aliphatic rings. The Bertz CT molecular complexity index is 762. The third-order valence-electron chi connectivity index (χ3n) is 4.82. The second kappa shape index (κ2) is 5.90. The SMILES string of the molecule is Cc1ccc(NC(=O)[C@@]2(c3ccccc3)CC(C)(C)CC2=O)cc1. The van der Waals surface area contributed by atoms with E-state index >= 15 is 0 Å². The Morgan fingerprint density at radius 2 is 1.62 bits per heavy atom. The first-order valence-electron chi connectivity index (χ1n) is 8.30. The van der Waals surface area contributed by atoms with Crippen LogP contribution in [-0.4, -0.2) is 11.7 Å². The molecule has 0 spiro atoms. The summed E-state index contributed by atoms with van der Waals surface area (Å²) in [5.41, 5.74) is 1.35. The minimum absolute atomic E-state index is 0.00307. The molecule has 1 N–H and O–H groups in total. The van der Waals surface area contributed by atoms with E-state index in [2.05, 4.69) is 19.2 Å². The fraction of sp³-hybridized carbons (Fsp3) is 0.333. The Balaban J connectivity index is 2.01. The molecule has 2 aromatic carbocycles. The fourth-order valence-electron chi connectivity index (χ4n) is 3.66. The number of ketones is 1. The molecule has 24 heavy (non-hydrogen) atoms. The predicted octanol–water partition coefficient (Wildman–Crippen LogP) is 4.26. The molecule has 124 valence electrons.